The Kier molecular flexibility index (Phi) is 4.23. The molecule has 23 heavy (non-hydrogen) atoms. The van der Waals surface area contributed by atoms with E-state index >= 15 is 0 Å². The Labute approximate surface area is 134 Å². The zero-order valence-electron chi connectivity index (χ0n) is 13.0. The van der Waals surface area contributed by atoms with Crippen LogP contribution in [0.15, 0.2) is 42.7 Å². The Morgan fingerprint density at radius 1 is 1.30 bits per heavy atom. The third-order valence-electron chi connectivity index (χ3n) is 4.33. The van der Waals surface area contributed by atoms with Crippen molar-refractivity contribution in [1.29, 1.82) is 0 Å². The zero-order chi connectivity index (χ0) is 16.3. The number of likely N-dealkylation sites (tertiary alicyclic amines) is 1. The van der Waals surface area contributed by atoms with E-state index in [1.54, 1.807) is 18.2 Å². The number of aromatic nitrogens is 2. The maximum absolute atomic E-state index is 13.1. The molecule has 0 saturated carbocycles. The molecular formula is C17H19FN4O. The van der Waals surface area contributed by atoms with Gasteiger partial charge in [0.05, 0.1) is 18.1 Å². The van der Waals surface area contributed by atoms with E-state index in [-0.39, 0.29) is 17.4 Å². The summed E-state index contributed by atoms with van der Waals surface area (Å²) in [6.07, 6.45) is 5.64. The average Bonchev–Trinajstić information content (AvgIpc) is 2.92. The molecule has 2 aromatic rings. The van der Waals surface area contributed by atoms with Crippen LogP contribution in [0, 0.1) is 5.82 Å². The molecule has 1 fully saturated rings. The van der Waals surface area contributed by atoms with Crippen LogP contribution in [0.2, 0.25) is 0 Å². The Hall–Kier alpha value is -2.50. The molecule has 1 aliphatic rings. The predicted octanol–water partition coefficient (Wildman–Crippen LogP) is 3.24. The Morgan fingerprint density at radius 3 is 2.78 bits per heavy atom. The van der Waals surface area contributed by atoms with Gasteiger partial charge in [-0.15, -0.1) is 0 Å². The highest BCUT2D eigenvalue weighted by atomic mass is 19.1. The number of urea groups is 1. The van der Waals surface area contributed by atoms with E-state index in [1.165, 1.54) is 24.5 Å². The molecule has 3 rings (SSSR count). The van der Waals surface area contributed by atoms with E-state index in [0.29, 0.717) is 18.7 Å². The maximum atomic E-state index is 13.1. The molecule has 0 aliphatic carbocycles. The lowest BCUT2D eigenvalue weighted by atomic mass is 9.90. The minimum Gasteiger partial charge on any atom is -0.319 e. The normalized spacial score (nSPS) is 20.5. The number of benzene rings is 1. The lowest BCUT2D eigenvalue weighted by molar-refractivity contribution is 0.168. The highest BCUT2D eigenvalue weighted by Gasteiger charge is 2.39. The van der Waals surface area contributed by atoms with Crippen molar-refractivity contribution < 1.29 is 9.18 Å². The average molecular weight is 314 g/mol. The van der Waals surface area contributed by atoms with E-state index in [0.717, 1.165) is 18.4 Å². The number of anilines is 1. The monoisotopic (exact) mass is 314 g/mol. The highest BCUT2D eigenvalue weighted by Crippen LogP contribution is 2.33. The van der Waals surface area contributed by atoms with E-state index < -0.39 is 0 Å². The van der Waals surface area contributed by atoms with Crippen molar-refractivity contribution in [2.75, 3.05) is 11.9 Å². The third-order valence-corrected chi connectivity index (χ3v) is 4.33. The zero-order valence-corrected chi connectivity index (χ0v) is 13.0. The highest BCUT2D eigenvalue weighted by molar-refractivity contribution is 5.89. The molecule has 2 amide bonds. The van der Waals surface area contributed by atoms with Crippen LogP contribution in [0.4, 0.5) is 14.9 Å². The van der Waals surface area contributed by atoms with Gasteiger partial charge in [0.25, 0.3) is 0 Å². The summed E-state index contributed by atoms with van der Waals surface area (Å²) < 4.78 is 13.1. The molecule has 0 bridgehead atoms. The van der Waals surface area contributed by atoms with Crippen LogP contribution in [0.25, 0.3) is 0 Å². The van der Waals surface area contributed by atoms with Gasteiger partial charge in [0, 0.05) is 12.1 Å². The van der Waals surface area contributed by atoms with Gasteiger partial charge in [0.15, 0.2) is 0 Å². The van der Waals surface area contributed by atoms with Crippen molar-refractivity contribution in [2.24, 2.45) is 0 Å². The van der Waals surface area contributed by atoms with Gasteiger partial charge in [-0.1, -0.05) is 12.1 Å². The smallest absolute Gasteiger partial charge is 0.319 e. The first-order valence-corrected chi connectivity index (χ1v) is 7.67. The number of carbonyl (C=O) groups is 1. The number of halogens is 1. The minimum absolute atomic E-state index is 0.139. The molecule has 5 nitrogen and oxygen atoms in total. The molecule has 6 heteroatoms. The first kappa shape index (κ1) is 15.4. The number of nitrogens with zero attached hydrogens (tertiary/aromatic N) is 3. The number of nitrogens with one attached hydrogen (secondary N) is 1. The van der Waals surface area contributed by atoms with Crippen LogP contribution in [0.5, 0.6) is 0 Å². The summed E-state index contributed by atoms with van der Waals surface area (Å²) in [5.41, 5.74) is 1.38. The Bertz CT molecular complexity index is 677. The van der Waals surface area contributed by atoms with Crippen molar-refractivity contribution in [1.82, 2.24) is 15.1 Å². The summed E-state index contributed by atoms with van der Waals surface area (Å²) in [5.74, 6) is -0.245. The molecule has 0 spiro atoms. The van der Waals surface area contributed by atoms with Crippen LogP contribution in [0.3, 0.4) is 0 Å². The van der Waals surface area contributed by atoms with Crippen LogP contribution in [0.1, 0.15) is 25.3 Å². The van der Waals surface area contributed by atoms with E-state index in [2.05, 4.69) is 22.4 Å². The molecule has 1 unspecified atom stereocenters. The van der Waals surface area contributed by atoms with Crippen LogP contribution >= 0.6 is 0 Å². The molecule has 2 heterocycles. The quantitative estimate of drug-likeness (QED) is 0.946. The first-order chi connectivity index (χ1) is 11.1. The summed E-state index contributed by atoms with van der Waals surface area (Å²) >= 11 is 0. The third kappa shape index (κ3) is 3.47. The van der Waals surface area contributed by atoms with Crippen molar-refractivity contribution in [3.8, 4) is 0 Å². The summed E-state index contributed by atoms with van der Waals surface area (Å²) in [7, 11) is 0. The molecule has 1 atom stereocenters. The molecule has 120 valence electrons. The second-order valence-corrected chi connectivity index (χ2v) is 6.12. The number of hydrogen-bond donors (Lipinski definition) is 1. The van der Waals surface area contributed by atoms with Crippen LogP contribution in [-0.2, 0) is 6.42 Å². The Balaban J connectivity index is 1.73. The topological polar surface area (TPSA) is 58.1 Å². The summed E-state index contributed by atoms with van der Waals surface area (Å²) in [5, 5.41) is 10.3. The first-order valence-electron chi connectivity index (χ1n) is 7.67. The number of rotatable bonds is 3. The molecule has 0 radical (unpaired) electrons. The fourth-order valence-corrected chi connectivity index (χ4v) is 3.15. The SMILES string of the molecule is CC1(Cc2ccc(F)cc2)CCCN1C(=O)Nc1ccnnc1. The number of hydrogen-bond acceptors (Lipinski definition) is 3. The van der Waals surface area contributed by atoms with Crippen LogP contribution < -0.4 is 5.32 Å². The second-order valence-electron chi connectivity index (χ2n) is 6.12. The summed E-state index contributed by atoms with van der Waals surface area (Å²) in [6, 6.07) is 8.04. The van der Waals surface area contributed by atoms with E-state index in [9.17, 15) is 9.18 Å². The largest absolute Gasteiger partial charge is 0.322 e. The number of amides is 2. The molecule has 1 aromatic carbocycles. The van der Waals surface area contributed by atoms with Gasteiger partial charge in [-0.3, -0.25) is 0 Å². The Morgan fingerprint density at radius 2 is 2.09 bits per heavy atom. The van der Waals surface area contributed by atoms with Crippen molar-refractivity contribution in [3.63, 3.8) is 0 Å². The lowest BCUT2D eigenvalue weighted by Crippen LogP contribution is -2.48. The number of carbonyl (C=O) groups excluding carboxylic acids is 1. The second kappa shape index (κ2) is 6.32. The maximum Gasteiger partial charge on any atom is 0.322 e. The van der Waals surface area contributed by atoms with Gasteiger partial charge in [0.2, 0.25) is 0 Å². The summed E-state index contributed by atoms with van der Waals surface area (Å²) in [6.45, 7) is 2.79. The van der Waals surface area contributed by atoms with E-state index in [4.69, 9.17) is 0 Å². The van der Waals surface area contributed by atoms with E-state index in [1.807, 2.05) is 4.90 Å². The van der Waals surface area contributed by atoms with Gasteiger partial charge in [-0.05, 0) is 49.9 Å². The van der Waals surface area contributed by atoms with Crippen molar-refractivity contribution in [2.45, 2.75) is 31.7 Å². The van der Waals surface area contributed by atoms with Crippen LogP contribution in [-0.4, -0.2) is 33.2 Å². The van der Waals surface area contributed by atoms with Gasteiger partial charge in [0.1, 0.15) is 5.82 Å². The van der Waals surface area contributed by atoms with Crippen molar-refractivity contribution >= 4 is 11.7 Å². The van der Waals surface area contributed by atoms with Gasteiger partial charge < -0.3 is 10.2 Å². The van der Waals surface area contributed by atoms with Gasteiger partial charge >= 0.3 is 6.03 Å². The van der Waals surface area contributed by atoms with Crippen molar-refractivity contribution in [3.05, 3.63) is 54.1 Å². The fourth-order valence-electron chi connectivity index (χ4n) is 3.15. The molecule has 1 saturated heterocycles. The predicted molar refractivity (Wildman–Crippen MR) is 85.5 cm³/mol. The summed E-state index contributed by atoms with van der Waals surface area (Å²) in [4.78, 5) is 14.4. The molecule has 1 N–H and O–H groups in total. The minimum atomic E-state index is -0.275. The molecule has 1 aliphatic heterocycles. The fraction of sp³-hybridized carbons (Fsp3) is 0.353. The molecule has 1 aromatic heterocycles. The molecular weight excluding hydrogens is 295 g/mol. The van der Waals surface area contributed by atoms with Gasteiger partial charge in [-0.2, -0.15) is 10.2 Å². The lowest BCUT2D eigenvalue weighted by Gasteiger charge is -2.35. The standard InChI is InChI=1S/C17H19FN4O/c1-17(11-13-3-5-14(18)6-4-13)8-2-10-22(17)16(23)21-15-7-9-19-20-12-15/h3-7,9,12H,2,8,10-11H2,1H3,(H,19,21,23). The van der Waals surface area contributed by atoms with Gasteiger partial charge in [-0.25, -0.2) is 9.18 Å².